The Morgan fingerprint density at radius 1 is 1.27 bits per heavy atom. The van der Waals surface area contributed by atoms with E-state index in [9.17, 15) is 10.2 Å². The fraction of sp³-hybridized carbons (Fsp3) is 0.222. The summed E-state index contributed by atoms with van der Waals surface area (Å²) in [6.45, 7) is 1.25. The van der Waals surface area contributed by atoms with E-state index in [1.807, 2.05) is 6.07 Å². The van der Waals surface area contributed by atoms with Crippen molar-refractivity contribution < 1.29 is 10.2 Å². The molecule has 0 bridgehead atoms. The van der Waals surface area contributed by atoms with Crippen LogP contribution in [0.5, 0.6) is 0 Å². The number of hydrogen-bond donors (Lipinski definition) is 2. The van der Waals surface area contributed by atoms with Crippen molar-refractivity contribution in [3.63, 3.8) is 0 Å². The van der Waals surface area contributed by atoms with Crippen LogP contribution in [0.2, 0.25) is 0 Å². The minimum atomic E-state index is -1.94. The van der Waals surface area contributed by atoms with Gasteiger partial charge in [0.25, 0.3) is 0 Å². The van der Waals surface area contributed by atoms with Crippen molar-refractivity contribution in [2.24, 2.45) is 0 Å². The van der Waals surface area contributed by atoms with Crippen LogP contribution in [0.3, 0.4) is 0 Å². The molecular weight excluding hydrogens is 214 g/mol. The smallest absolute Gasteiger partial charge is 0.216 e. The minimum Gasteiger partial charge on any atom is -0.360 e. The molecule has 78 valence electrons. The van der Waals surface area contributed by atoms with Gasteiger partial charge in [0.2, 0.25) is 5.79 Å². The van der Waals surface area contributed by atoms with Gasteiger partial charge in [0.05, 0.1) is 0 Å². The molecule has 0 aliphatic carbocycles. The second-order valence-corrected chi connectivity index (χ2v) is 4.13. The predicted octanol–water partition coefficient (Wildman–Crippen LogP) is 0.757. The van der Waals surface area contributed by atoms with Crippen molar-refractivity contribution in [2.75, 3.05) is 0 Å². The maximum atomic E-state index is 9.29. The fourth-order valence-corrected chi connectivity index (χ4v) is 1.77. The maximum absolute atomic E-state index is 9.29. The average Bonchev–Trinajstić information content (AvgIpc) is 2.67. The Labute approximate surface area is 90.1 Å². The Kier molecular flexibility index (Phi) is 2.47. The summed E-state index contributed by atoms with van der Waals surface area (Å²) in [6, 6.07) is 5.42. The van der Waals surface area contributed by atoms with Crippen LogP contribution in [0, 0.1) is 0 Å². The van der Waals surface area contributed by atoms with E-state index in [1.165, 1.54) is 6.92 Å². The summed E-state index contributed by atoms with van der Waals surface area (Å²) >= 11 is 1.11. The molecule has 2 aromatic heterocycles. The Morgan fingerprint density at radius 2 is 2.07 bits per heavy atom. The van der Waals surface area contributed by atoms with Crippen LogP contribution in [0.1, 0.15) is 11.9 Å². The molecule has 0 unspecified atom stereocenters. The van der Waals surface area contributed by atoms with Crippen molar-refractivity contribution >= 4 is 11.3 Å². The van der Waals surface area contributed by atoms with Crippen LogP contribution in [-0.4, -0.2) is 25.4 Å². The maximum Gasteiger partial charge on any atom is 0.216 e. The molecule has 0 radical (unpaired) electrons. The molecule has 0 aliphatic heterocycles. The second-order valence-electron chi connectivity index (χ2n) is 3.15. The van der Waals surface area contributed by atoms with E-state index in [0.29, 0.717) is 10.7 Å². The molecule has 2 aromatic rings. The molecule has 2 N–H and O–H groups in total. The zero-order chi connectivity index (χ0) is 10.9. The molecule has 6 heteroatoms. The highest BCUT2D eigenvalue weighted by Gasteiger charge is 2.24. The molecule has 0 saturated carbocycles. The lowest BCUT2D eigenvalue weighted by atomic mass is 10.4. The van der Waals surface area contributed by atoms with Crippen LogP contribution in [-0.2, 0) is 5.79 Å². The number of hydrogen-bond acceptors (Lipinski definition) is 6. The lowest BCUT2D eigenvalue weighted by Crippen LogP contribution is -2.19. The molecule has 0 saturated heterocycles. The van der Waals surface area contributed by atoms with Gasteiger partial charge in [-0.1, -0.05) is 17.4 Å². The Balaban J connectivity index is 2.37. The van der Waals surface area contributed by atoms with Gasteiger partial charge >= 0.3 is 0 Å². The summed E-state index contributed by atoms with van der Waals surface area (Å²) in [4.78, 5) is 4.09. The average molecular weight is 223 g/mol. The van der Waals surface area contributed by atoms with Gasteiger partial charge in [-0.25, -0.2) is 0 Å². The van der Waals surface area contributed by atoms with E-state index < -0.39 is 5.79 Å². The van der Waals surface area contributed by atoms with Gasteiger partial charge in [-0.05, 0) is 19.1 Å². The van der Waals surface area contributed by atoms with Crippen LogP contribution in [0.15, 0.2) is 24.4 Å². The zero-order valence-electron chi connectivity index (χ0n) is 7.95. The van der Waals surface area contributed by atoms with Gasteiger partial charge in [0.1, 0.15) is 5.69 Å². The SMILES string of the molecule is CC(O)(O)c1nnc(-c2ccccn2)s1. The van der Waals surface area contributed by atoms with E-state index in [4.69, 9.17) is 0 Å². The van der Waals surface area contributed by atoms with Crippen LogP contribution < -0.4 is 0 Å². The molecule has 0 aromatic carbocycles. The van der Waals surface area contributed by atoms with Crippen LogP contribution in [0.4, 0.5) is 0 Å². The first-order valence-electron chi connectivity index (χ1n) is 4.27. The standard InChI is InChI=1S/C9H9N3O2S/c1-9(13,14)8-12-11-7(15-8)6-4-2-3-5-10-6/h2-5,13-14H,1H3. The number of aromatic nitrogens is 3. The molecule has 0 aliphatic rings. The molecule has 0 fully saturated rings. The monoisotopic (exact) mass is 223 g/mol. The molecule has 15 heavy (non-hydrogen) atoms. The second kappa shape index (κ2) is 3.65. The van der Waals surface area contributed by atoms with Gasteiger partial charge in [-0.15, -0.1) is 10.2 Å². The summed E-state index contributed by atoms with van der Waals surface area (Å²) in [7, 11) is 0. The number of pyridine rings is 1. The third kappa shape index (κ3) is 2.17. The van der Waals surface area contributed by atoms with E-state index >= 15 is 0 Å². The van der Waals surface area contributed by atoms with E-state index in [1.54, 1.807) is 18.3 Å². The lowest BCUT2D eigenvalue weighted by Gasteiger charge is -2.09. The molecule has 2 heterocycles. The van der Waals surface area contributed by atoms with Crippen molar-refractivity contribution in [1.82, 2.24) is 15.2 Å². The Hall–Kier alpha value is -1.37. The first kappa shape index (κ1) is 10.2. The third-order valence-electron chi connectivity index (χ3n) is 1.71. The first-order valence-corrected chi connectivity index (χ1v) is 5.09. The van der Waals surface area contributed by atoms with Crippen molar-refractivity contribution in [3.05, 3.63) is 29.4 Å². The third-order valence-corrected chi connectivity index (χ3v) is 2.86. The lowest BCUT2D eigenvalue weighted by molar-refractivity contribution is -0.153. The van der Waals surface area contributed by atoms with Gasteiger partial charge in [0.15, 0.2) is 10.0 Å². The van der Waals surface area contributed by atoms with Gasteiger partial charge in [0, 0.05) is 6.20 Å². The highest BCUT2D eigenvalue weighted by Crippen LogP contribution is 2.26. The summed E-state index contributed by atoms with van der Waals surface area (Å²) < 4.78 is 0. The fourth-order valence-electron chi connectivity index (χ4n) is 1.01. The van der Waals surface area contributed by atoms with E-state index in [-0.39, 0.29) is 5.01 Å². The van der Waals surface area contributed by atoms with Crippen LogP contribution >= 0.6 is 11.3 Å². The summed E-state index contributed by atoms with van der Waals surface area (Å²) in [5.74, 6) is -1.94. The van der Waals surface area contributed by atoms with Gasteiger partial charge in [-0.3, -0.25) is 4.98 Å². The molecule has 0 atom stereocenters. The van der Waals surface area contributed by atoms with Crippen molar-refractivity contribution in [1.29, 1.82) is 0 Å². The minimum absolute atomic E-state index is 0.156. The highest BCUT2D eigenvalue weighted by molar-refractivity contribution is 7.14. The predicted molar refractivity (Wildman–Crippen MR) is 54.9 cm³/mol. The van der Waals surface area contributed by atoms with E-state index in [0.717, 1.165) is 11.3 Å². The van der Waals surface area contributed by atoms with Crippen molar-refractivity contribution in [3.8, 4) is 10.7 Å². The quantitative estimate of drug-likeness (QED) is 0.735. The largest absolute Gasteiger partial charge is 0.360 e. The summed E-state index contributed by atoms with van der Waals surface area (Å²) in [5, 5.41) is 26.8. The number of aliphatic hydroxyl groups is 2. The van der Waals surface area contributed by atoms with Gasteiger partial charge in [-0.2, -0.15) is 0 Å². The first-order chi connectivity index (χ1) is 7.07. The normalized spacial score (nSPS) is 11.7. The van der Waals surface area contributed by atoms with E-state index in [2.05, 4.69) is 15.2 Å². The van der Waals surface area contributed by atoms with Crippen LogP contribution in [0.25, 0.3) is 10.7 Å². The number of nitrogens with zero attached hydrogens (tertiary/aromatic N) is 3. The van der Waals surface area contributed by atoms with Gasteiger partial charge < -0.3 is 10.2 Å². The molecular formula is C9H9N3O2S. The Morgan fingerprint density at radius 3 is 2.60 bits per heavy atom. The molecule has 2 rings (SSSR count). The zero-order valence-corrected chi connectivity index (χ0v) is 8.77. The summed E-state index contributed by atoms with van der Waals surface area (Å²) in [5.41, 5.74) is 0.672. The molecule has 0 amide bonds. The van der Waals surface area contributed by atoms with Crippen molar-refractivity contribution in [2.45, 2.75) is 12.7 Å². The highest BCUT2D eigenvalue weighted by atomic mass is 32.1. The molecule has 0 spiro atoms. The summed E-state index contributed by atoms with van der Waals surface area (Å²) in [6.07, 6.45) is 1.65. The molecule has 5 nitrogen and oxygen atoms in total. The Bertz CT molecular complexity index is 450. The number of rotatable bonds is 2. The topological polar surface area (TPSA) is 79.1 Å².